The molecule has 1 aromatic rings. The van der Waals surface area contributed by atoms with Gasteiger partial charge in [-0.3, -0.25) is 14.4 Å². The number of rotatable bonds is 4. The Hall–Kier alpha value is -2.17. The lowest BCUT2D eigenvalue weighted by atomic mass is 10.1. The molecule has 3 fully saturated rings. The maximum absolute atomic E-state index is 13.0. The van der Waals surface area contributed by atoms with Gasteiger partial charge in [0.2, 0.25) is 11.8 Å². The van der Waals surface area contributed by atoms with E-state index in [0.717, 1.165) is 38.5 Å². The van der Waals surface area contributed by atoms with Crippen LogP contribution in [-0.2, 0) is 14.4 Å². The van der Waals surface area contributed by atoms with Gasteiger partial charge in [-0.1, -0.05) is 31.0 Å². The molecule has 24 heavy (non-hydrogen) atoms. The lowest BCUT2D eigenvalue weighted by molar-refractivity contribution is -0.142. The molecule has 0 bridgehead atoms. The molecule has 5 heteroatoms. The molecular weight excluding hydrogens is 304 g/mol. The van der Waals surface area contributed by atoms with E-state index in [1.807, 2.05) is 18.2 Å². The Morgan fingerprint density at radius 1 is 1.00 bits per heavy atom. The summed E-state index contributed by atoms with van der Waals surface area (Å²) >= 11 is 0. The zero-order valence-electron chi connectivity index (χ0n) is 13.7. The van der Waals surface area contributed by atoms with Crippen molar-refractivity contribution in [3.63, 3.8) is 0 Å². The van der Waals surface area contributed by atoms with Gasteiger partial charge in [0, 0.05) is 12.0 Å². The Balaban J connectivity index is 1.62. The first-order valence-corrected chi connectivity index (χ1v) is 8.91. The molecule has 1 unspecified atom stereocenters. The van der Waals surface area contributed by atoms with Crippen LogP contribution in [0.1, 0.15) is 44.9 Å². The minimum absolute atomic E-state index is 0.0688. The second-order valence-electron chi connectivity index (χ2n) is 7.08. The summed E-state index contributed by atoms with van der Waals surface area (Å²) in [5, 5.41) is 0. The fourth-order valence-corrected chi connectivity index (χ4v) is 3.99. The molecule has 3 aliphatic rings. The molecule has 1 atom stereocenters. The summed E-state index contributed by atoms with van der Waals surface area (Å²) in [5.74, 6) is -0.294. The van der Waals surface area contributed by atoms with Crippen molar-refractivity contribution in [2.75, 3.05) is 4.90 Å². The van der Waals surface area contributed by atoms with Crippen LogP contribution in [0.15, 0.2) is 30.3 Å². The Morgan fingerprint density at radius 3 is 2.29 bits per heavy atom. The number of para-hydroxylation sites is 1. The van der Waals surface area contributed by atoms with Gasteiger partial charge in [0.05, 0.1) is 12.1 Å². The molecule has 1 heterocycles. The molecule has 0 N–H and O–H groups in total. The molecule has 4 rings (SSSR count). The predicted octanol–water partition coefficient (Wildman–Crippen LogP) is 2.50. The first kappa shape index (κ1) is 15.4. The fourth-order valence-electron chi connectivity index (χ4n) is 3.99. The molecule has 0 aromatic heterocycles. The molecule has 2 aliphatic carbocycles. The van der Waals surface area contributed by atoms with E-state index >= 15 is 0 Å². The van der Waals surface area contributed by atoms with Crippen molar-refractivity contribution in [1.29, 1.82) is 0 Å². The van der Waals surface area contributed by atoms with Gasteiger partial charge in [-0.25, -0.2) is 4.90 Å². The molecule has 3 amide bonds. The number of hydrogen-bond donors (Lipinski definition) is 0. The second-order valence-corrected chi connectivity index (χ2v) is 7.08. The average molecular weight is 326 g/mol. The van der Waals surface area contributed by atoms with Crippen LogP contribution in [0.5, 0.6) is 0 Å². The van der Waals surface area contributed by atoms with Crippen LogP contribution < -0.4 is 4.90 Å². The van der Waals surface area contributed by atoms with Gasteiger partial charge in [-0.2, -0.15) is 0 Å². The molecule has 0 spiro atoms. The number of carbonyl (C=O) groups excluding carboxylic acids is 3. The van der Waals surface area contributed by atoms with Gasteiger partial charge in [-0.15, -0.1) is 0 Å². The summed E-state index contributed by atoms with van der Waals surface area (Å²) in [6.07, 6.45) is 6.03. The summed E-state index contributed by atoms with van der Waals surface area (Å²) in [7, 11) is 0. The Kier molecular flexibility index (Phi) is 3.87. The highest BCUT2D eigenvalue weighted by atomic mass is 16.2. The fraction of sp³-hybridized carbons (Fsp3) is 0.526. The maximum Gasteiger partial charge on any atom is 0.257 e. The van der Waals surface area contributed by atoms with E-state index in [0.29, 0.717) is 5.69 Å². The maximum atomic E-state index is 13.0. The van der Waals surface area contributed by atoms with Gasteiger partial charge in [-0.05, 0) is 37.8 Å². The Bertz CT molecular complexity index is 662. The quantitative estimate of drug-likeness (QED) is 0.799. The van der Waals surface area contributed by atoms with E-state index in [1.165, 1.54) is 4.90 Å². The van der Waals surface area contributed by atoms with Gasteiger partial charge in [0.15, 0.2) is 0 Å². The van der Waals surface area contributed by atoms with Crippen LogP contribution in [-0.4, -0.2) is 34.7 Å². The van der Waals surface area contributed by atoms with Crippen LogP contribution in [0.2, 0.25) is 0 Å². The standard InChI is InChI=1S/C19H22N2O3/c22-17-12-16(19(24)21(17)15-6-2-1-3-7-15)20(14-8-4-5-9-14)18(23)13-10-11-13/h1-3,6-7,13-14,16H,4-5,8-12H2. The molecule has 2 saturated carbocycles. The largest absolute Gasteiger partial charge is 0.327 e. The Morgan fingerprint density at radius 2 is 1.67 bits per heavy atom. The number of imide groups is 1. The van der Waals surface area contributed by atoms with E-state index in [-0.39, 0.29) is 36.1 Å². The van der Waals surface area contributed by atoms with E-state index in [9.17, 15) is 14.4 Å². The summed E-state index contributed by atoms with van der Waals surface area (Å²) in [6, 6.07) is 8.51. The molecule has 1 saturated heterocycles. The topological polar surface area (TPSA) is 57.7 Å². The molecule has 1 aromatic carbocycles. The van der Waals surface area contributed by atoms with Crippen molar-refractivity contribution >= 4 is 23.4 Å². The van der Waals surface area contributed by atoms with Gasteiger partial charge < -0.3 is 4.90 Å². The number of anilines is 1. The van der Waals surface area contributed by atoms with Gasteiger partial charge in [0.25, 0.3) is 5.91 Å². The first-order chi connectivity index (χ1) is 11.7. The number of hydrogen-bond acceptors (Lipinski definition) is 3. The third-order valence-electron chi connectivity index (χ3n) is 5.37. The van der Waals surface area contributed by atoms with Crippen molar-refractivity contribution in [2.45, 2.75) is 57.0 Å². The second kappa shape index (κ2) is 6.04. The van der Waals surface area contributed by atoms with E-state index in [1.54, 1.807) is 17.0 Å². The van der Waals surface area contributed by atoms with Crippen molar-refractivity contribution < 1.29 is 14.4 Å². The average Bonchev–Trinajstić information content (AvgIpc) is 3.23. The number of amides is 3. The summed E-state index contributed by atoms with van der Waals surface area (Å²) in [4.78, 5) is 41.3. The third-order valence-corrected chi connectivity index (χ3v) is 5.37. The number of benzene rings is 1. The normalized spacial score (nSPS) is 24.7. The monoisotopic (exact) mass is 326 g/mol. The lowest BCUT2D eigenvalue weighted by Crippen LogP contribution is -2.50. The number of nitrogens with zero attached hydrogens (tertiary/aromatic N) is 2. The van der Waals surface area contributed by atoms with Crippen molar-refractivity contribution in [3.8, 4) is 0 Å². The minimum atomic E-state index is -0.617. The van der Waals surface area contributed by atoms with E-state index < -0.39 is 6.04 Å². The number of carbonyl (C=O) groups is 3. The Labute approximate surface area is 141 Å². The summed E-state index contributed by atoms with van der Waals surface area (Å²) < 4.78 is 0. The highest BCUT2D eigenvalue weighted by Gasteiger charge is 2.49. The smallest absolute Gasteiger partial charge is 0.257 e. The van der Waals surface area contributed by atoms with Crippen LogP contribution in [0.25, 0.3) is 0 Å². The predicted molar refractivity (Wildman–Crippen MR) is 89.2 cm³/mol. The van der Waals surface area contributed by atoms with Crippen LogP contribution in [0.3, 0.4) is 0 Å². The SMILES string of the molecule is O=C1CC(N(C(=O)C2CC2)C2CCCC2)C(=O)N1c1ccccc1. The molecule has 0 radical (unpaired) electrons. The van der Waals surface area contributed by atoms with E-state index in [2.05, 4.69) is 0 Å². The van der Waals surface area contributed by atoms with E-state index in [4.69, 9.17) is 0 Å². The zero-order chi connectivity index (χ0) is 16.7. The van der Waals surface area contributed by atoms with Crippen molar-refractivity contribution in [2.24, 2.45) is 5.92 Å². The molecular formula is C19H22N2O3. The summed E-state index contributed by atoms with van der Waals surface area (Å²) in [6.45, 7) is 0. The minimum Gasteiger partial charge on any atom is -0.327 e. The van der Waals surface area contributed by atoms with Crippen LogP contribution >= 0.6 is 0 Å². The first-order valence-electron chi connectivity index (χ1n) is 8.91. The van der Waals surface area contributed by atoms with Crippen molar-refractivity contribution in [1.82, 2.24) is 4.90 Å². The van der Waals surface area contributed by atoms with Crippen LogP contribution in [0, 0.1) is 5.92 Å². The van der Waals surface area contributed by atoms with Gasteiger partial charge in [0.1, 0.15) is 6.04 Å². The molecule has 1 aliphatic heterocycles. The zero-order valence-corrected chi connectivity index (χ0v) is 13.7. The third kappa shape index (κ3) is 2.62. The van der Waals surface area contributed by atoms with Crippen LogP contribution in [0.4, 0.5) is 5.69 Å². The summed E-state index contributed by atoms with van der Waals surface area (Å²) in [5.41, 5.74) is 0.597. The lowest BCUT2D eigenvalue weighted by Gasteiger charge is -2.33. The van der Waals surface area contributed by atoms with Gasteiger partial charge >= 0.3 is 0 Å². The van der Waals surface area contributed by atoms with Crippen molar-refractivity contribution in [3.05, 3.63) is 30.3 Å². The highest BCUT2D eigenvalue weighted by Crippen LogP contribution is 2.37. The highest BCUT2D eigenvalue weighted by molar-refractivity contribution is 6.23. The molecule has 126 valence electrons. The molecule has 5 nitrogen and oxygen atoms in total.